The molecule has 3 nitrogen and oxygen atoms in total. The zero-order chi connectivity index (χ0) is 13.8. The maximum atomic E-state index is 13.8. The molecule has 0 saturated carbocycles. The molecule has 2 rings (SSSR count). The van der Waals surface area contributed by atoms with Gasteiger partial charge in [0.25, 0.3) is 0 Å². The fourth-order valence-corrected chi connectivity index (χ4v) is 2.38. The lowest BCUT2D eigenvalue weighted by atomic mass is 9.99. The number of hydrogen-bond donors (Lipinski definition) is 1. The number of benzene rings is 1. The van der Waals surface area contributed by atoms with Crippen LogP contribution in [0.1, 0.15) is 29.8 Å². The van der Waals surface area contributed by atoms with Crippen molar-refractivity contribution in [1.82, 2.24) is 15.1 Å². The second-order valence-electron chi connectivity index (χ2n) is 4.75. The number of nitrogens with one attached hydrogen (secondary N) is 1. The average Bonchev–Trinajstić information content (AvgIpc) is 2.70. The zero-order valence-corrected chi connectivity index (χ0v) is 11.7. The van der Waals surface area contributed by atoms with Crippen LogP contribution in [0.25, 0.3) is 0 Å². The molecule has 19 heavy (non-hydrogen) atoms. The van der Waals surface area contributed by atoms with Crippen LogP contribution >= 0.6 is 0 Å². The molecule has 1 aromatic heterocycles. The summed E-state index contributed by atoms with van der Waals surface area (Å²) in [7, 11) is 1.91. The normalized spacial score (nSPS) is 12.6. The van der Waals surface area contributed by atoms with E-state index < -0.39 is 0 Å². The average molecular weight is 261 g/mol. The molecule has 0 bridgehead atoms. The minimum absolute atomic E-state index is 0.0931. The number of nitrogens with zero attached hydrogens (tertiary/aromatic N) is 2. The zero-order valence-electron chi connectivity index (χ0n) is 11.7. The van der Waals surface area contributed by atoms with Gasteiger partial charge in [0, 0.05) is 24.8 Å². The highest BCUT2D eigenvalue weighted by atomic mass is 19.1. The molecule has 0 radical (unpaired) electrons. The molecule has 0 aliphatic carbocycles. The van der Waals surface area contributed by atoms with Gasteiger partial charge >= 0.3 is 0 Å². The van der Waals surface area contributed by atoms with Crippen LogP contribution in [-0.4, -0.2) is 16.3 Å². The maximum Gasteiger partial charge on any atom is 0.126 e. The van der Waals surface area contributed by atoms with Crippen molar-refractivity contribution in [3.05, 3.63) is 53.1 Å². The topological polar surface area (TPSA) is 29.9 Å². The van der Waals surface area contributed by atoms with Gasteiger partial charge in [-0.05, 0) is 31.5 Å². The standard InChI is InChI=1S/C15H20FN3/c1-4-17-15(13-10-19(3)18-11(13)2)9-12-7-5-6-8-14(12)16/h5-8,10,15,17H,4,9H2,1-3H3. The second-order valence-corrected chi connectivity index (χ2v) is 4.75. The SMILES string of the molecule is CCNC(Cc1ccccc1F)c1cn(C)nc1C. The molecule has 4 heteroatoms. The number of likely N-dealkylation sites (N-methyl/N-ethyl adjacent to an activating group) is 1. The van der Waals surface area contributed by atoms with Crippen LogP contribution in [0.4, 0.5) is 4.39 Å². The minimum Gasteiger partial charge on any atom is -0.310 e. The van der Waals surface area contributed by atoms with E-state index in [2.05, 4.69) is 17.3 Å². The van der Waals surface area contributed by atoms with Crippen molar-refractivity contribution < 1.29 is 4.39 Å². The van der Waals surface area contributed by atoms with Crippen LogP contribution in [0.5, 0.6) is 0 Å². The van der Waals surface area contributed by atoms with Crippen molar-refractivity contribution in [2.24, 2.45) is 7.05 Å². The van der Waals surface area contributed by atoms with Crippen molar-refractivity contribution in [2.75, 3.05) is 6.54 Å². The summed E-state index contributed by atoms with van der Waals surface area (Å²) in [5, 5.41) is 7.77. The lowest BCUT2D eigenvalue weighted by Crippen LogP contribution is -2.23. The van der Waals surface area contributed by atoms with Crippen LogP contribution in [0.3, 0.4) is 0 Å². The highest BCUT2D eigenvalue weighted by Crippen LogP contribution is 2.22. The summed E-state index contributed by atoms with van der Waals surface area (Å²) in [6, 6.07) is 7.03. The molecule has 0 aliphatic rings. The van der Waals surface area contributed by atoms with E-state index in [0.717, 1.165) is 23.4 Å². The van der Waals surface area contributed by atoms with Crippen LogP contribution in [0.2, 0.25) is 0 Å². The van der Waals surface area contributed by atoms with Gasteiger partial charge in [0.1, 0.15) is 5.82 Å². The molecule has 1 aromatic carbocycles. The van der Waals surface area contributed by atoms with Crippen molar-refractivity contribution in [3.63, 3.8) is 0 Å². The van der Waals surface area contributed by atoms with E-state index in [4.69, 9.17) is 0 Å². The van der Waals surface area contributed by atoms with Crippen molar-refractivity contribution in [2.45, 2.75) is 26.3 Å². The van der Waals surface area contributed by atoms with E-state index in [0.29, 0.717) is 6.42 Å². The molecule has 0 amide bonds. The molecule has 0 aliphatic heterocycles. The molecule has 0 fully saturated rings. The van der Waals surface area contributed by atoms with E-state index in [9.17, 15) is 4.39 Å². The fraction of sp³-hybridized carbons (Fsp3) is 0.400. The third kappa shape index (κ3) is 3.20. The molecular formula is C15H20FN3. The van der Waals surface area contributed by atoms with Crippen molar-refractivity contribution in [3.8, 4) is 0 Å². The first-order chi connectivity index (χ1) is 9.11. The number of halogens is 1. The number of rotatable bonds is 5. The lowest BCUT2D eigenvalue weighted by Gasteiger charge is -2.17. The first-order valence-corrected chi connectivity index (χ1v) is 6.58. The Kier molecular flexibility index (Phi) is 4.32. The molecule has 2 aromatic rings. The lowest BCUT2D eigenvalue weighted by molar-refractivity contribution is 0.526. The maximum absolute atomic E-state index is 13.8. The fourth-order valence-electron chi connectivity index (χ4n) is 2.38. The van der Waals surface area contributed by atoms with Gasteiger partial charge < -0.3 is 5.32 Å². The van der Waals surface area contributed by atoms with Gasteiger partial charge in [-0.2, -0.15) is 5.10 Å². The molecular weight excluding hydrogens is 241 g/mol. The summed E-state index contributed by atoms with van der Waals surface area (Å²) in [5.74, 6) is -0.146. The van der Waals surface area contributed by atoms with E-state index >= 15 is 0 Å². The molecule has 102 valence electrons. The van der Waals surface area contributed by atoms with Crippen LogP contribution < -0.4 is 5.32 Å². The quantitative estimate of drug-likeness (QED) is 0.897. The van der Waals surface area contributed by atoms with Crippen molar-refractivity contribution >= 4 is 0 Å². The summed E-state index contributed by atoms with van der Waals surface area (Å²) in [6.07, 6.45) is 2.64. The highest BCUT2D eigenvalue weighted by molar-refractivity contribution is 5.25. The molecule has 0 saturated heterocycles. The Morgan fingerprint density at radius 2 is 2.11 bits per heavy atom. The predicted molar refractivity (Wildman–Crippen MR) is 74.5 cm³/mol. The number of aromatic nitrogens is 2. The van der Waals surface area contributed by atoms with E-state index in [1.807, 2.05) is 32.3 Å². The Balaban J connectivity index is 2.26. The summed E-state index contributed by atoms with van der Waals surface area (Å²) < 4.78 is 15.6. The van der Waals surface area contributed by atoms with Gasteiger partial charge in [-0.25, -0.2) is 4.39 Å². The third-order valence-electron chi connectivity index (χ3n) is 3.26. The summed E-state index contributed by atoms with van der Waals surface area (Å²) in [4.78, 5) is 0. The van der Waals surface area contributed by atoms with Crippen LogP contribution in [-0.2, 0) is 13.5 Å². The Hall–Kier alpha value is -1.68. The monoisotopic (exact) mass is 261 g/mol. The second kappa shape index (κ2) is 5.97. The number of aryl methyl sites for hydroxylation is 2. The van der Waals surface area contributed by atoms with Crippen LogP contribution in [0.15, 0.2) is 30.5 Å². The largest absolute Gasteiger partial charge is 0.310 e. The predicted octanol–water partition coefficient (Wildman–Crippen LogP) is 2.76. The van der Waals surface area contributed by atoms with Gasteiger partial charge in [0.15, 0.2) is 0 Å². The Labute approximate surface area is 113 Å². The Morgan fingerprint density at radius 1 is 1.37 bits per heavy atom. The Morgan fingerprint density at radius 3 is 2.68 bits per heavy atom. The molecule has 1 atom stereocenters. The summed E-state index contributed by atoms with van der Waals surface area (Å²) >= 11 is 0. The van der Waals surface area contributed by atoms with E-state index in [1.54, 1.807) is 10.7 Å². The van der Waals surface area contributed by atoms with E-state index in [1.165, 1.54) is 6.07 Å². The van der Waals surface area contributed by atoms with Gasteiger partial charge in [-0.15, -0.1) is 0 Å². The smallest absolute Gasteiger partial charge is 0.126 e. The number of hydrogen-bond acceptors (Lipinski definition) is 2. The van der Waals surface area contributed by atoms with Gasteiger partial charge in [-0.1, -0.05) is 25.1 Å². The van der Waals surface area contributed by atoms with Gasteiger partial charge in [0.05, 0.1) is 5.69 Å². The van der Waals surface area contributed by atoms with Crippen molar-refractivity contribution in [1.29, 1.82) is 0 Å². The molecule has 1 heterocycles. The first kappa shape index (κ1) is 13.7. The minimum atomic E-state index is -0.146. The van der Waals surface area contributed by atoms with Gasteiger partial charge in [-0.3, -0.25) is 4.68 Å². The molecule has 1 unspecified atom stereocenters. The third-order valence-corrected chi connectivity index (χ3v) is 3.26. The van der Waals surface area contributed by atoms with E-state index in [-0.39, 0.29) is 11.9 Å². The van der Waals surface area contributed by atoms with Crippen LogP contribution in [0, 0.1) is 12.7 Å². The van der Waals surface area contributed by atoms with Gasteiger partial charge in [0.2, 0.25) is 0 Å². The summed E-state index contributed by atoms with van der Waals surface area (Å²) in [5.41, 5.74) is 2.86. The molecule has 0 spiro atoms. The first-order valence-electron chi connectivity index (χ1n) is 6.58. The summed E-state index contributed by atoms with van der Waals surface area (Å²) in [6.45, 7) is 4.88. The molecule has 1 N–H and O–H groups in total. The highest BCUT2D eigenvalue weighted by Gasteiger charge is 2.17. The Bertz CT molecular complexity index is 548.